The Morgan fingerprint density at radius 1 is 1.00 bits per heavy atom. The summed E-state index contributed by atoms with van der Waals surface area (Å²) in [5, 5.41) is 0. The summed E-state index contributed by atoms with van der Waals surface area (Å²) in [6.07, 6.45) is 2.93. The van der Waals surface area contributed by atoms with Gasteiger partial charge in [0.25, 0.3) is 0 Å². The van der Waals surface area contributed by atoms with E-state index in [2.05, 4.69) is 0 Å². The number of hydrogen-bond acceptors (Lipinski definition) is 6. The lowest BCUT2D eigenvalue weighted by atomic mass is 9.81. The van der Waals surface area contributed by atoms with Gasteiger partial charge in [0, 0.05) is 11.8 Å². The highest BCUT2D eigenvalue weighted by Crippen LogP contribution is 2.29. The standard InChI is InChI=1S/C9H17N3O3/c10-9(11,12)15-8-2-6(4-13)1-7(3-8)5-14/h4-8H,1-3,10-12H2. The van der Waals surface area contributed by atoms with Gasteiger partial charge in [-0.05, 0) is 19.3 Å². The lowest BCUT2D eigenvalue weighted by Crippen LogP contribution is -2.62. The zero-order valence-corrected chi connectivity index (χ0v) is 8.46. The van der Waals surface area contributed by atoms with Crippen LogP contribution in [0.3, 0.4) is 0 Å². The lowest BCUT2D eigenvalue weighted by Gasteiger charge is -2.33. The van der Waals surface area contributed by atoms with Crippen molar-refractivity contribution in [3.63, 3.8) is 0 Å². The number of hydrogen-bond donors (Lipinski definition) is 3. The molecule has 1 fully saturated rings. The average Bonchev–Trinajstić information content (AvgIpc) is 2.14. The van der Waals surface area contributed by atoms with E-state index in [1.165, 1.54) is 0 Å². The number of rotatable bonds is 4. The van der Waals surface area contributed by atoms with Crippen LogP contribution in [0, 0.1) is 11.8 Å². The molecular formula is C9H17N3O3. The first kappa shape index (κ1) is 12.3. The highest BCUT2D eigenvalue weighted by Gasteiger charge is 2.32. The highest BCUT2D eigenvalue weighted by atomic mass is 16.5. The average molecular weight is 215 g/mol. The Hall–Kier alpha value is -0.820. The Labute approximate surface area is 88.1 Å². The molecule has 2 atom stereocenters. The normalized spacial score (nSPS) is 32.3. The van der Waals surface area contributed by atoms with Crippen molar-refractivity contribution in [2.45, 2.75) is 31.3 Å². The Morgan fingerprint density at radius 2 is 1.47 bits per heavy atom. The second-order valence-corrected chi connectivity index (χ2v) is 4.09. The molecule has 0 radical (unpaired) electrons. The minimum atomic E-state index is -1.71. The summed E-state index contributed by atoms with van der Waals surface area (Å²) in [5.41, 5.74) is 15.9. The number of nitrogens with two attached hydrogens (primary N) is 3. The number of carbonyl (C=O) groups excluding carboxylic acids is 2. The maximum atomic E-state index is 10.7. The fraction of sp³-hybridized carbons (Fsp3) is 0.778. The van der Waals surface area contributed by atoms with Gasteiger partial charge in [-0.2, -0.15) is 0 Å². The molecule has 15 heavy (non-hydrogen) atoms. The summed E-state index contributed by atoms with van der Waals surface area (Å²) in [6.45, 7) is 0. The minimum Gasteiger partial charge on any atom is -0.332 e. The quantitative estimate of drug-likeness (QED) is 0.394. The largest absolute Gasteiger partial charge is 0.332 e. The van der Waals surface area contributed by atoms with Crippen LogP contribution in [0.25, 0.3) is 0 Å². The molecule has 0 aliphatic heterocycles. The third-order valence-electron chi connectivity index (χ3n) is 2.49. The second kappa shape index (κ2) is 4.80. The molecule has 86 valence electrons. The molecule has 0 aromatic carbocycles. The minimum absolute atomic E-state index is 0.179. The van der Waals surface area contributed by atoms with Crippen LogP contribution < -0.4 is 17.2 Å². The van der Waals surface area contributed by atoms with Gasteiger partial charge in [0.05, 0.1) is 6.10 Å². The molecule has 1 saturated carbocycles. The Balaban J connectivity index is 2.57. The van der Waals surface area contributed by atoms with E-state index in [1.807, 2.05) is 0 Å². The Morgan fingerprint density at radius 3 is 1.80 bits per heavy atom. The molecule has 0 aromatic heterocycles. The van der Waals surface area contributed by atoms with Crippen LogP contribution in [0.1, 0.15) is 19.3 Å². The lowest BCUT2D eigenvalue weighted by molar-refractivity contribution is -0.131. The summed E-state index contributed by atoms with van der Waals surface area (Å²) in [5.74, 6) is -2.06. The predicted octanol–water partition coefficient (Wildman–Crippen LogP) is -1.33. The predicted molar refractivity (Wildman–Crippen MR) is 53.1 cm³/mol. The fourth-order valence-corrected chi connectivity index (χ4v) is 1.96. The SMILES string of the molecule is NC(N)(N)OC1CC(C=O)CC(C=O)C1. The van der Waals surface area contributed by atoms with Crippen LogP contribution in [0.5, 0.6) is 0 Å². The molecule has 0 amide bonds. The van der Waals surface area contributed by atoms with Gasteiger partial charge in [-0.1, -0.05) is 0 Å². The number of carbonyl (C=O) groups is 2. The zero-order valence-electron chi connectivity index (χ0n) is 8.46. The third-order valence-corrected chi connectivity index (χ3v) is 2.49. The van der Waals surface area contributed by atoms with Gasteiger partial charge in [-0.25, -0.2) is 0 Å². The van der Waals surface area contributed by atoms with Crippen molar-refractivity contribution in [1.82, 2.24) is 0 Å². The summed E-state index contributed by atoms with van der Waals surface area (Å²) < 4.78 is 5.16. The molecule has 6 nitrogen and oxygen atoms in total. The van der Waals surface area contributed by atoms with Crippen molar-refractivity contribution >= 4 is 12.6 Å². The van der Waals surface area contributed by atoms with Crippen LogP contribution in [-0.2, 0) is 14.3 Å². The molecule has 1 rings (SSSR count). The van der Waals surface area contributed by atoms with E-state index in [4.69, 9.17) is 21.9 Å². The van der Waals surface area contributed by atoms with Gasteiger partial charge in [-0.15, -0.1) is 0 Å². The molecule has 0 heterocycles. The van der Waals surface area contributed by atoms with E-state index < -0.39 is 5.97 Å². The number of aldehydes is 2. The first-order valence-corrected chi connectivity index (χ1v) is 4.89. The second-order valence-electron chi connectivity index (χ2n) is 4.09. The Bertz CT molecular complexity index is 223. The summed E-state index contributed by atoms with van der Waals surface area (Å²) >= 11 is 0. The van der Waals surface area contributed by atoms with Crippen molar-refractivity contribution in [3.8, 4) is 0 Å². The van der Waals surface area contributed by atoms with Gasteiger partial charge in [0.2, 0.25) is 5.97 Å². The topological polar surface area (TPSA) is 121 Å². The number of ether oxygens (including phenoxy) is 1. The van der Waals surface area contributed by atoms with Crippen LogP contribution in [0.4, 0.5) is 0 Å². The third kappa shape index (κ3) is 4.05. The van der Waals surface area contributed by atoms with Crippen LogP contribution in [0.15, 0.2) is 0 Å². The maximum absolute atomic E-state index is 10.7. The van der Waals surface area contributed by atoms with E-state index in [9.17, 15) is 9.59 Å². The van der Waals surface area contributed by atoms with Gasteiger partial charge in [-0.3, -0.25) is 17.2 Å². The van der Waals surface area contributed by atoms with Crippen LogP contribution in [0.2, 0.25) is 0 Å². The maximum Gasteiger partial charge on any atom is 0.227 e. The van der Waals surface area contributed by atoms with E-state index in [-0.39, 0.29) is 17.9 Å². The molecule has 6 N–H and O–H groups in total. The molecule has 2 unspecified atom stereocenters. The van der Waals surface area contributed by atoms with E-state index >= 15 is 0 Å². The molecule has 6 heteroatoms. The molecular weight excluding hydrogens is 198 g/mol. The highest BCUT2D eigenvalue weighted by molar-refractivity contribution is 5.59. The van der Waals surface area contributed by atoms with Crippen molar-refractivity contribution in [3.05, 3.63) is 0 Å². The van der Waals surface area contributed by atoms with Gasteiger partial charge in [0.1, 0.15) is 12.6 Å². The summed E-state index contributed by atoms with van der Waals surface area (Å²) in [6, 6.07) is 0. The molecule has 0 aromatic rings. The van der Waals surface area contributed by atoms with Crippen molar-refractivity contribution in [1.29, 1.82) is 0 Å². The van der Waals surface area contributed by atoms with Crippen molar-refractivity contribution in [2.75, 3.05) is 0 Å². The van der Waals surface area contributed by atoms with E-state index in [0.29, 0.717) is 19.3 Å². The van der Waals surface area contributed by atoms with Crippen LogP contribution in [-0.4, -0.2) is 24.6 Å². The monoisotopic (exact) mass is 215 g/mol. The van der Waals surface area contributed by atoms with Crippen molar-refractivity contribution < 1.29 is 14.3 Å². The van der Waals surface area contributed by atoms with Gasteiger partial charge < -0.3 is 14.3 Å². The molecule has 0 saturated heterocycles. The first-order valence-electron chi connectivity index (χ1n) is 4.89. The first-order chi connectivity index (χ1) is 6.94. The summed E-state index contributed by atoms with van der Waals surface area (Å²) in [7, 11) is 0. The van der Waals surface area contributed by atoms with Gasteiger partial charge >= 0.3 is 0 Å². The molecule has 0 spiro atoms. The van der Waals surface area contributed by atoms with Gasteiger partial charge in [0.15, 0.2) is 0 Å². The zero-order chi connectivity index (χ0) is 11.5. The molecule has 0 bridgehead atoms. The van der Waals surface area contributed by atoms with E-state index in [1.54, 1.807) is 0 Å². The molecule has 1 aliphatic rings. The fourth-order valence-electron chi connectivity index (χ4n) is 1.96. The smallest absolute Gasteiger partial charge is 0.227 e. The van der Waals surface area contributed by atoms with E-state index in [0.717, 1.165) is 12.6 Å². The summed E-state index contributed by atoms with van der Waals surface area (Å²) in [4.78, 5) is 21.3. The van der Waals surface area contributed by atoms with Crippen molar-refractivity contribution in [2.24, 2.45) is 29.0 Å². The Kier molecular flexibility index (Phi) is 3.92. The molecule has 1 aliphatic carbocycles. The van der Waals surface area contributed by atoms with Crippen LogP contribution >= 0.6 is 0 Å².